The molecule has 1 rings (SSSR count). The highest BCUT2D eigenvalue weighted by Gasteiger charge is 2.33. The number of halogens is 7. The molecule has 10 heteroatoms. The average molecular weight is 442 g/mol. The standard InChI is InChI=1S/C5Cl6IN3/c6-4(7,8)1-13-2(5(9,10)11)15-3(12)14-1. The van der Waals surface area contributed by atoms with E-state index in [0.717, 1.165) is 0 Å². The second-order valence-electron chi connectivity index (χ2n) is 2.25. The van der Waals surface area contributed by atoms with Crippen molar-refractivity contribution in [3.63, 3.8) is 0 Å². The average Bonchev–Trinajstić information content (AvgIpc) is 1.99. The molecule has 3 nitrogen and oxygen atoms in total. The summed E-state index contributed by atoms with van der Waals surface area (Å²) in [6.45, 7) is 0. The highest BCUT2D eigenvalue weighted by atomic mass is 127. The van der Waals surface area contributed by atoms with E-state index in [-0.39, 0.29) is 15.5 Å². The van der Waals surface area contributed by atoms with Gasteiger partial charge in [0.1, 0.15) is 0 Å². The Kier molecular flexibility index (Phi) is 4.85. The smallest absolute Gasteiger partial charge is 0.209 e. The van der Waals surface area contributed by atoms with Crippen molar-refractivity contribution >= 4 is 92.2 Å². The molecule has 0 saturated carbocycles. The van der Waals surface area contributed by atoms with Gasteiger partial charge in [0.25, 0.3) is 0 Å². The molecule has 0 atom stereocenters. The molecule has 0 aliphatic rings. The van der Waals surface area contributed by atoms with E-state index in [4.69, 9.17) is 69.6 Å². The van der Waals surface area contributed by atoms with Crippen molar-refractivity contribution in [3.05, 3.63) is 15.5 Å². The summed E-state index contributed by atoms with van der Waals surface area (Å²) >= 11 is 35.4. The molecule has 0 amide bonds. The second-order valence-corrected chi connectivity index (χ2v) is 7.77. The molecule has 84 valence electrons. The van der Waals surface area contributed by atoms with Crippen LogP contribution in [0, 0.1) is 3.83 Å². The Morgan fingerprint density at radius 3 is 1.33 bits per heavy atom. The highest BCUT2D eigenvalue weighted by Crippen LogP contribution is 2.39. The van der Waals surface area contributed by atoms with Crippen LogP contribution in [-0.4, -0.2) is 15.0 Å². The first-order chi connectivity index (χ1) is 6.60. The Morgan fingerprint density at radius 1 is 0.733 bits per heavy atom. The molecular formula is C5Cl6IN3. The number of alkyl halides is 6. The van der Waals surface area contributed by atoms with Crippen LogP contribution in [0.25, 0.3) is 0 Å². The van der Waals surface area contributed by atoms with Gasteiger partial charge in [0.2, 0.25) is 7.59 Å². The van der Waals surface area contributed by atoms with Crippen molar-refractivity contribution in [1.82, 2.24) is 15.0 Å². The summed E-state index contributed by atoms with van der Waals surface area (Å²) in [5, 5.41) is 0. The normalized spacial score (nSPS) is 13.0. The molecule has 0 bridgehead atoms. The Morgan fingerprint density at radius 2 is 1.07 bits per heavy atom. The summed E-state index contributed by atoms with van der Waals surface area (Å²) in [4.78, 5) is 11.4. The van der Waals surface area contributed by atoms with Gasteiger partial charge < -0.3 is 0 Å². The minimum absolute atomic E-state index is 0.0896. The van der Waals surface area contributed by atoms with Crippen molar-refractivity contribution in [2.24, 2.45) is 0 Å². The van der Waals surface area contributed by atoms with E-state index in [1.807, 2.05) is 0 Å². The lowest BCUT2D eigenvalue weighted by molar-refractivity contribution is 0.823. The molecule has 0 aliphatic heterocycles. The molecule has 0 saturated heterocycles. The van der Waals surface area contributed by atoms with Crippen LogP contribution in [0.3, 0.4) is 0 Å². The Balaban J connectivity index is 3.30. The van der Waals surface area contributed by atoms with E-state index >= 15 is 0 Å². The number of hydrogen-bond acceptors (Lipinski definition) is 3. The lowest BCUT2D eigenvalue weighted by atomic mass is 10.6. The number of aromatic nitrogens is 3. The first-order valence-electron chi connectivity index (χ1n) is 3.16. The summed E-state index contributed by atoms with van der Waals surface area (Å²) in [5.74, 6) is -0.179. The summed E-state index contributed by atoms with van der Waals surface area (Å²) < 4.78 is -3.30. The minimum atomic E-state index is -1.78. The molecule has 0 aliphatic carbocycles. The van der Waals surface area contributed by atoms with Crippen LogP contribution in [0.15, 0.2) is 0 Å². The van der Waals surface area contributed by atoms with E-state index in [2.05, 4.69) is 15.0 Å². The van der Waals surface area contributed by atoms with E-state index < -0.39 is 7.59 Å². The zero-order valence-electron chi connectivity index (χ0n) is 6.49. The number of nitrogens with zero attached hydrogens (tertiary/aromatic N) is 3. The predicted octanol–water partition coefficient (Wildman–Crippen LogP) is 4.13. The topological polar surface area (TPSA) is 38.7 Å². The maximum atomic E-state index is 5.60. The number of hydrogen-bond donors (Lipinski definition) is 0. The van der Waals surface area contributed by atoms with Gasteiger partial charge in [-0.15, -0.1) is 0 Å². The van der Waals surface area contributed by atoms with Gasteiger partial charge in [-0.1, -0.05) is 69.6 Å². The SMILES string of the molecule is ClC(Cl)(Cl)c1nc(I)nc(C(Cl)(Cl)Cl)n1. The molecule has 1 aromatic rings. The lowest BCUT2D eigenvalue weighted by Gasteiger charge is -2.13. The van der Waals surface area contributed by atoms with Crippen LogP contribution >= 0.6 is 92.2 Å². The van der Waals surface area contributed by atoms with Gasteiger partial charge in [0.05, 0.1) is 0 Å². The second kappa shape index (κ2) is 5.00. The van der Waals surface area contributed by atoms with Crippen molar-refractivity contribution < 1.29 is 0 Å². The number of rotatable bonds is 0. The highest BCUT2D eigenvalue weighted by molar-refractivity contribution is 14.1. The van der Waals surface area contributed by atoms with Crippen molar-refractivity contribution in [2.45, 2.75) is 7.59 Å². The van der Waals surface area contributed by atoms with Gasteiger partial charge in [-0.2, -0.15) is 0 Å². The van der Waals surface area contributed by atoms with Gasteiger partial charge in [0, 0.05) is 22.6 Å². The summed E-state index contributed by atoms with van der Waals surface area (Å²) in [7, 11) is 0. The van der Waals surface area contributed by atoms with Crippen molar-refractivity contribution in [3.8, 4) is 0 Å². The first kappa shape index (κ1) is 14.5. The van der Waals surface area contributed by atoms with E-state index in [0.29, 0.717) is 0 Å². The third-order valence-corrected chi connectivity index (χ3v) is 2.61. The van der Waals surface area contributed by atoms with Crippen LogP contribution in [0.1, 0.15) is 11.6 Å². The monoisotopic (exact) mass is 439 g/mol. The van der Waals surface area contributed by atoms with Crippen LogP contribution in [-0.2, 0) is 7.59 Å². The molecule has 0 N–H and O–H groups in total. The maximum Gasteiger partial charge on any atom is 0.250 e. The van der Waals surface area contributed by atoms with Gasteiger partial charge in [0.15, 0.2) is 15.5 Å². The van der Waals surface area contributed by atoms with E-state index in [9.17, 15) is 0 Å². The van der Waals surface area contributed by atoms with E-state index in [1.165, 1.54) is 0 Å². The fraction of sp³-hybridized carbons (Fsp3) is 0.400. The maximum absolute atomic E-state index is 5.60. The molecule has 0 radical (unpaired) electrons. The Bertz CT molecular complexity index is 340. The largest absolute Gasteiger partial charge is 0.250 e. The van der Waals surface area contributed by atoms with Gasteiger partial charge >= 0.3 is 0 Å². The third-order valence-electron chi connectivity index (χ3n) is 1.12. The molecule has 15 heavy (non-hydrogen) atoms. The van der Waals surface area contributed by atoms with Gasteiger partial charge in [-0.3, -0.25) is 0 Å². The molecular weight excluding hydrogens is 442 g/mol. The van der Waals surface area contributed by atoms with Gasteiger partial charge in [-0.05, 0) is 0 Å². The Labute approximate surface area is 129 Å². The van der Waals surface area contributed by atoms with E-state index in [1.54, 1.807) is 22.6 Å². The zero-order valence-corrected chi connectivity index (χ0v) is 13.2. The minimum Gasteiger partial charge on any atom is -0.209 e. The fourth-order valence-electron chi connectivity index (χ4n) is 0.604. The van der Waals surface area contributed by atoms with Crippen LogP contribution in [0.2, 0.25) is 0 Å². The quantitative estimate of drug-likeness (QED) is 0.449. The van der Waals surface area contributed by atoms with Crippen molar-refractivity contribution in [1.29, 1.82) is 0 Å². The van der Waals surface area contributed by atoms with Crippen LogP contribution in [0.5, 0.6) is 0 Å². The third kappa shape index (κ3) is 4.33. The molecule has 0 fully saturated rings. The fourth-order valence-corrected chi connectivity index (χ4v) is 1.57. The molecule has 1 heterocycles. The molecule has 0 aromatic carbocycles. The molecule has 0 spiro atoms. The Hall–Kier alpha value is 1.48. The van der Waals surface area contributed by atoms with Crippen LogP contribution < -0.4 is 0 Å². The van der Waals surface area contributed by atoms with Crippen LogP contribution in [0.4, 0.5) is 0 Å². The lowest BCUT2D eigenvalue weighted by Crippen LogP contribution is -2.16. The zero-order chi connectivity index (χ0) is 11.9. The molecule has 0 unspecified atom stereocenters. The van der Waals surface area contributed by atoms with Gasteiger partial charge in [-0.25, -0.2) is 15.0 Å². The summed E-state index contributed by atoms with van der Waals surface area (Å²) in [6, 6.07) is 0. The summed E-state index contributed by atoms with van der Waals surface area (Å²) in [5.41, 5.74) is 0. The van der Waals surface area contributed by atoms with Crippen molar-refractivity contribution in [2.75, 3.05) is 0 Å². The summed E-state index contributed by atoms with van der Waals surface area (Å²) in [6.07, 6.45) is 0. The first-order valence-corrected chi connectivity index (χ1v) is 6.51. The molecule has 1 aromatic heterocycles. The predicted molar refractivity (Wildman–Crippen MR) is 71.0 cm³/mol.